The Morgan fingerprint density at radius 3 is 2.56 bits per heavy atom. The molecule has 0 aromatic heterocycles. The van der Waals surface area contributed by atoms with Crippen LogP contribution >= 0.6 is 0 Å². The minimum absolute atomic E-state index is 0.871. The van der Waals surface area contributed by atoms with E-state index >= 15 is 0 Å². The topological polar surface area (TPSA) is 20.3 Å². The van der Waals surface area contributed by atoms with Crippen LogP contribution in [-0.2, 0) is 4.79 Å². The molecule has 54 valence electrons. The average Bonchev–Trinajstić information content (AvgIpc) is 1.89. The van der Waals surface area contributed by atoms with Gasteiger partial charge >= 0.3 is 0 Å². The van der Waals surface area contributed by atoms with E-state index in [4.69, 9.17) is 0 Å². The van der Waals surface area contributed by atoms with Crippen LogP contribution in [0.5, 0.6) is 0 Å². The van der Waals surface area contributed by atoms with Crippen molar-refractivity contribution in [3.63, 3.8) is 0 Å². The number of carbonyl (C=O) groups is 1. The third kappa shape index (κ3) is 5.34. The van der Waals surface area contributed by atoms with Crippen LogP contribution in [0, 0.1) is 0 Å². The van der Waals surface area contributed by atoms with Crippen LogP contribution in [0.4, 0.5) is 0 Å². The standard InChI is InChI=1S/C7H15NO/c1-3-4-5-6-8(2)7-9/h7H,3-6H2,1-2H3. The molecule has 0 aliphatic rings. The molecule has 0 aliphatic heterocycles. The maximum Gasteiger partial charge on any atom is 0.209 e. The maximum absolute atomic E-state index is 10.0. The molecule has 0 spiro atoms. The van der Waals surface area contributed by atoms with Crippen molar-refractivity contribution in [2.45, 2.75) is 26.2 Å². The fourth-order valence-corrected chi connectivity index (χ4v) is 0.664. The molecule has 0 bridgehead atoms. The monoisotopic (exact) mass is 129 g/mol. The molecule has 1 amide bonds. The molecular weight excluding hydrogens is 114 g/mol. The zero-order valence-electron chi connectivity index (χ0n) is 6.26. The Labute approximate surface area is 56.9 Å². The van der Waals surface area contributed by atoms with Gasteiger partial charge in [-0.05, 0) is 6.42 Å². The lowest BCUT2D eigenvalue weighted by atomic mass is 10.2. The summed E-state index contributed by atoms with van der Waals surface area (Å²) in [6.45, 7) is 3.05. The summed E-state index contributed by atoms with van der Waals surface area (Å²) in [6.07, 6.45) is 4.44. The Hall–Kier alpha value is -0.530. The Bertz CT molecular complexity index is 73.3. The lowest BCUT2D eigenvalue weighted by molar-refractivity contribution is -0.117. The van der Waals surface area contributed by atoms with E-state index in [1.54, 1.807) is 4.90 Å². The van der Waals surface area contributed by atoms with Crippen molar-refractivity contribution in [3.05, 3.63) is 0 Å². The second kappa shape index (κ2) is 5.60. The third-order valence-electron chi connectivity index (χ3n) is 1.29. The van der Waals surface area contributed by atoms with Crippen LogP contribution in [0.15, 0.2) is 0 Å². The van der Waals surface area contributed by atoms with Crippen molar-refractivity contribution in [2.75, 3.05) is 13.6 Å². The second-order valence-corrected chi connectivity index (χ2v) is 2.29. The summed E-state index contributed by atoms with van der Waals surface area (Å²) in [7, 11) is 1.81. The fraction of sp³-hybridized carbons (Fsp3) is 0.857. The van der Waals surface area contributed by atoms with Gasteiger partial charge in [-0.3, -0.25) is 4.79 Å². The molecular formula is C7H15NO. The summed E-state index contributed by atoms with van der Waals surface area (Å²) in [5, 5.41) is 0. The van der Waals surface area contributed by atoms with E-state index in [1.165, 1.54) is 12.8 Å². The summed E-state index contributed by atoms with van der Waals surface area (Å²) in [5.41, 5.74) is 0. The zero-order valence-corrected chi connectivity index (χ0v) is 6.26. The molecule has 9 heavy (non-hydrogen) atoms. The van der Waals surface area contributed by atoms with E-state index in [9.17, 15) is 4.79 Å². The van der Waals surface area contributed by atoms with Gasteiger partial charge in [0, 0.05) is 13.6 Å². The summed E-state index contributed by atoms with van der Waals surface area (Å²) in [4.78, 5) is 11.7. The van der Waals surface area contributed by atoms with Crippen LogP contribution in [0.1, 0.15) is 26.2 Å². The molecule has 0 unspecified atom stereocenters. The second-order valence-electron chi connectivity index (χ2n) is 2.29. The smallest absolute Gasteiger partial charge is 0.209 e. The molecule has 2 heteroatoms. The van der Waals surface area contributed by atoms with Gasteiger partial charge in [-0.25, -0.2) is 0 Å². The van der Waals surface area contributed by atoms with Gasteiger partial charge in [0.15, 0.2) is 0 Å². The average molecular weight is 129 g/mol. The van der Waals surface area contributed by atoms with Gasteiger partial charge in [0.05, 0.1) is 0 Å². The number of rotatable bonds is 5. The molecule has 0 aromatic rings. The Balaban J connectivity index is 2.96. The largest absolute Gasteiger partial charge is 0.348 e. The van der Waals surface area contributed by atoms with Gasteiger partial charge in [0.1, 0.15) is 0 Å². The highest BCUT2D eigenvalue weighted by Crippen LogP contribution is 1.93. The van der Waals surface area contributed by atoms with Gasteiger partial charge in [0.2, 0.25) is 6.41 Å². The van der Waals surface area contributed by atoms with Gasteiger partial charge < -0.3 is 4.90 Å². The van der Waals surface area contributed by atoms with E-state index in [1.807, 2.05) is 7.05 Å². The van der Waals surface area contributed by atoms with Crippen LogP contribution in [0.3, 0.4) is 0 Å². The first-order chi connectivity index (χ1) is 4.31. The highest BCUT2D eigenvalue weighted by Gasteiger charge is 1.90. The minimum Gasteiger partial charge on any atom is -0.348 e. The van der Waals surface area contributed by atoms with E-state index in [2.05, 4.69) is 6.92 Å². The molecule has 0 rings (SSSR count). The summed E-state index contributed by atoms with van der Waals surface area (Å²) >= 11 is 0. The third-order valence-corrected chi connectivity index (χ3v) is 1.29. The SMILES string of the molecule is CCCCCN(C)C=O. The Kier molecular flexibility index (Phi) is 5.27. The number of amides is 1. The summed E-state index contributed by atoms with van der Waals surface area (Å²) in [5.74, 6) is 0. The quantitative estimate of drug-likeness (QED) is 0.404. The highest BCUT2D eigenvalue weighted by atomic mass is 16.1. The molecule has 0 saturated heterocycles. The zero-order chi connectivity index (χ0) is 7.11. The number of nitrogens with zero attached hydrogens (tertiary/aromatic N) is 1. The molecule has 0 radical (unpaired) electrons. The Morgan fingerprint density at radius 1 is 1.44 bits per heavy atom. The van der Waals surface area contributed by atoms with Gasteiger partial charge in [-0.2, -0.15) is 0 Å². The van der Waals surface area contributed by atoms with Crippen molar-refractivity contribution >= 4 is 6.41 Å². The van der Waals surface area contributed by atoms with Crippen LogP contribution in [0.25, 0.3) is 0 Å². The van der Waals surface area contributed by atoms with E-state index in [-0.39, 0.29) is 0 Å². The van der Waals surface area contributed by atoms with Crippen molar-refractivity contribution < 1.29 is 4.79 Å². The molecule has 0 fully saturated rings. The van der Waals surface area contributed by atoms with E-state index in [0.29, 0.717) is 0 Å². The maximum atomic E-state index is 10.0. The lowest BCUT2D eigenvalue weighted by Gasteiger charge is -2.08. The fourth-order valence-electron chi connectivity index (χ4n) is 0.664. The first-order valence-electron chi connectivity index (χ1n) is 3.46. The first kappa shape index (κ1) is 8.47. The molecule has 0 saturated carbocycles. The molecule has 0 N–H and O–H groups in total. The van der Waals surface area contributed by atoms with Crippen molar-refractivity contribution in [3.8, 4) is 0 Å². The molecule has 2 nitrogen and oxygen atoms in total. The predicted molar refractivity (Wildman–Crippen MR) is 38.2 cm³/mol. The summed E-state index contributed by atoms with van der Waals surface area (Å²) < 4.78 is 0. The number of carbonyl (C=O) groups excluding carboxylic acids is 1. The number of hydrogen-bond acceptors (Lipinski definition) is 1. The molecule has 0 aliphatic carbocycles. The van der Waals surface area contributed by atoms with Gasteiger partial charge in [-0.1, -0.05) is 19.8 Å². The molecule has 0 aromatic carbocycles. The summed E-state index contributed by atoms with van der Waals surface area (Å²) in [6, 6.07) is 0. The first-order valence-corrected chi connectivity index (χ1v) is 3.46. The van der Waals surface area contributed by atoms with Crippen LogP contribution < -0.4 is 0 Å². The number of unbranched alkanes of at least 4 members (excludes halogenated alkanes) is 2. The molecule has 0 atom stereocenters. The normalized spacial score (nSPS) is 9.11. The molecule has 0 heterocycles. The van der Waals surface area contributed by atoms with E-state index in [0.717, 1.165) is 19.4 Å². The van der Waals surface area contributed by atoms with Crippen molar-refractivity contribution in [1.82, 2.24) is 4.90 Å². The van der Waals surface area contributed by atoms with Crippen molar-refractivity contribution in [1.29, 1.82) is 0 Å². The number of hydrogen-bond donors (Lipinski definition) is 0. The highest BCUT2D eigenvalue weighted by molar-refractivity contribution is 5.46. The Morgan fingerprint density at radius 2 is 2.11 bits per heavy atom. The van der Waals surface area contributed by atoms with Crippen molar-refractivity contribution in [2.24, 2.45) is 0 Å². The van der Waals surface area contributed by atoms with Crippen LogP contribution in [-0.4, -0.2) is 24.9 Å². The minimum atomic E-state index is 0.871. The van der Waals surface area contributed by atoms with Crippen LogP contribution in [0.2, 0.25) is 0 Å². The van der Waals surface area contributed by atoms with Gasteiger partial charge in [0.25, 0.3) is 0 Å². The predicted octanol–water partition coefficient (Wildman–Crippen LogP) is 1.26. The van der Waals surface area contributed by atoms with Gasteiger partial charge in [-0.15, -0.1) is 0 Å². The lowest BCUT2D eigenvalue weighted by Crippen LogP contribution is -2.16. The van der Waals surface area contributed by atoms with E-state index < -0.39 is 0 Å².